The Labute approximate surface area is 104 Å². The standard InChI is InChI=1S/C12H15NO5/c1-16-8-2-3-9-12(18-5-4-17-9)11(8)7(13)6-10(14)15/h2-3,7H,4-6,13H2,1H3,(H,14,15). The second-order valence-electron chi connectivity index (χ2n) is 3.91. The van der Waals surface area contributed by atoms with Crippen LogP contribution >= 0.6 is 0 Å². The number of nitrogens with two attached hydrogens (primary N) is 1. The van der Waals surface area contributed by atoms with Crippen molar-refractivity contribution in [3.8, 4) is 17.2 Å². The van der Waals surface area contributed by atoms with Crippen molar-refractivity contribution in [1.29, 1.82) is 0 Å². The van der Waals surface area contributed by atoms with Crippen molar-refractivity contribution in [2.45, 2.75) is 12.5 Å². The van der Waals surface area contributed by atoms with Crippen LogP contribution in [0.15, 0.2) is 12.1 Å². The molecule has 2 rings (SSSR count). The lowest BCUT2D eigenvalue weighted by atomic mass is 10.0. The zero-order valence-electron chi connectivity index (χ0n) is 10.0. The molecule has 0 saturated heterocycles. The normalized spacial score (nSPS) is 15.0. The molecule has 0 fully saturated rings. The van der Waals surface area contributed by atoms with Gasteiger partial charge in [-0.2, -0.15) is 0 Å². The molecule has 1 aromatic rings. The molecule has 0 aliphatic carbocycles. The highest BCUT2D eigenvalue weighted by Crippen LogP contribution is 2.42. The molecule has 98 valence electrons. The van der Waals surface area contributed by atoms with Crippen molar-refractivity contribution in [1.82, 2.24) is 0 Å². The summed E-state index contributed by atoms with van der Waals surface area (Å²) in [4.78, 5) is 10.8. The molecule has 1 aliphatic rings. The molecule has 1 aromatic carbocycles. The summed E-state index contributed by atoms with van der Waals surface area (Å²) in [7, 11) is 1.50. The maximum atomic E-state index is 10.8. The van der Waals surface area contributed by atoms with Gasteiger partial charge in [-0.25, -0.2) is 0 Å². The first-order valence-corrected chi connectivity index (χ1v) is 5.57. The number of hydrogen-bond donors (Lipinski definition) is 2. The van der Waals surface area contributed by atoms with Gasteiger partial charge in [-0.15, -0.1) is 0 Å². The van der Waals surface area contributed by atoms with Crippen LogP contribution in [0.4, 0.5) is 0 Å². The van der Waals surface area contributed by atoms with Gasteiger partial charge in [-0.05, 0) is 12.1 Å². The smallest absolute Gasteiger partial charge is 0.305 e. The summed E-state index contributed by atoms with van der Waals surface area (Å²) in [6.45, 7) is 0.875. The minimum atomic E-state index is -0.973. The fourth-order valence-electron chi connectivity index (χ4n) is 1.94. The largest absolute Gasteiger partial charge is 0.496 e. The minimum absolute atomic E-state index is 0.198. The van der Waals surface area contributed by atoms with Crippen LogP contribution < -0.4 is 19.9 Å². The fourth-order valence-corrected chi connectivity index (χ4v) is 1.94. The number of rotatable bonds is 4. The quantitative estimate of drug-likeness (QED) is 0.829. The Morgan fingerprint density at radius 2 is 2.22 bits per heavy atom. The number of fused-ring (bicyclic) bond motifs is 1. The Morgan fingerprint density at radius 1 is 1.50 bits per heavy atom. The van der Waals surface area contributed by atoms with E-state index in [1.807, 2.05) is 0 Å². The van der Waals surface area contributed by atoms with Crippen molar-refractivity contribution >= 4 is 5.97 Å². The number of methoxy groups -OCH3 is 1. The van der Waals surface area contributed by atoms with Crippen LogP contribution in [-0.4, -0.2) is 31.4 Å². The van der Waals surface area contributed by atoms with Crippen molar-refractivity contribution in [2.75, 3.05) is 20.3 Å². The van der Waals surface area contributed by atoms with Gasteiger partial charge in [0.05, 0.1) is 19.1 Å². The predicted octanol–water partition coefficient (Wildman–Crippen LogP) is 0.941. The number of aliphatic carboxylic acids is 1. The summed E-state index contributed by atoms with van der Waals surface area (Å²) in [5, 5.41) is 8.82. The van der Waals surface area contributed by atoms with E-state index in [-0.39, 0.29) is 6.42 Å². The first-order chi connectivity index (χ1) is 8.63. The van der Waals surface area contributed by atoms with E-state index in [1.54, 1.807) is 12.1 Å². The highest BCUT2D eigenvalue weighted by atomic mass is 16.6. The number of hydrogen-bond acceptors (Lipinski definition) is 5. The summed E-state index contributed by atoms with van der Waals surface area (Å²) < 4.78 is 16.2. The van der Waals surface area contributed by atoms with Gasteiger partial charge in [0.15, 0.2) is 11.5 Å². The Kier molecular flexibility index (Phi) is 3.57. The minimum Gasteiger partial charge on any atom is -0.496 e. The lowest BCUT2D eigenvalue weighted by Gasteiger charge is -2.24. The van der Waals surface area contributed by atoms with Crippen molar-refractivity contribution in [3.63, 3.8) is 0 Å². The Bertz CT molecular complexity index is 460. The molecule has 1 atom stereocenters. The first kappa shape index (κ1) is 12.5. The third-order valence-electron chi connectivity index (χ3n) is 2.69. The maximum absolute atomic E-state index is 10.8. The SMILES string of the molecule is COc1ccc2c(c1C(N)CC(=O)O)OCCO2. The van der Waals surface area contributed by atoms with E-state index in [0.717, 1.165) is 0 Å². The number of carbonyl (C=O) groups is 1. The van der Waals surface area contributed by atoms with Crippen LogP contribution in [0.3, 0.4) is 0 Å². The van der Waals surface area contributed by atoms with Crippen LogP contribution in [0.25, 0.3) is 0 Å². The summed E-state index contributed by atoms with van der Waals surface area (Å²) in [5.41, 5.74) is 6.44. The number of carboxylic acid groups (broad SMARTS) is 1. The summed E-state index contributed by atoms with van der Waals surface area (Å²) in [6.07, 6.45) is -0.198. The highest BCUT2D eigenvalue weighted by Gasteiger charge is 2.25. The molecule has 0 radical (unpaired) electrons. The third-order valence-corrected chi connectivity index (χ3v) is 2.69. The average Bonchev–Trinajstić information content (AvgIpc) is 2.36. The maximum Gasteiger partial charge on any atom is 0.305 e. The van der Waals surface area contributed by atoms with Crippen LogP contribution in [0, 0.1) is 0 Å². The molecule has 0 aromatic heterocycles. The van der Waals surface area contributed by atoms with Gasteiger partial charge in [0.2, 0.25) is 0 Å². The van der Waals surface area contributed by atoms with Crippen LogP contribution in [0.1, 0.15) is 18.0 Å². The van der Waals surface area contributed by atoms with Crippen LogP contribution in [0.5, 0.6) is 17.2 Å². The second-order valence-corrected chi connectivity index (χ2v) is 3.91. The Balaban J connectivity index is 2.44. The van der Waals surface area contributed by atoms with Gasteiger partial charge in [0.25, 0.3) is 0 Å². The molecule has 1 unspecified atom stereocenters. The van der Waals surface area contributed by atoms with E-state index in [2.05, 4.69) is 0 Å². The summed E-state index contributed by atoms with van der Waals surface area (Å²) in [5.74, 6) is 0.583. The average molecular weight is 253 g/mol. The van der Waals surface area contributed by atoms with Crippen molar-refractivity contribution in [3.05, 3.63) is 17.7 Å². The van der Waals surface area contributed by atoms with Gasteiger partial charge >= 0.3 is 5.97 Å². The number of ether oxygens (including phenoxy) is 3. The summed E-state index contributed by atoms with van der Waals surface area (Å²) >= 11 is 0. The number of benzene rings is 1. The van der Waals surface area contributed by atoms with E-state index in [4.69, 9.17) is 25.1 Å². The van der Waals surface area contributed by atoms with Gasteiger partial charge in [0, 0.05) is 6.04 Å². The van der Waals surface area contributed by atoms with Gasteiger partial charge in [-0.3, -0.25) is 4.79 Å². The van der Waals surface area contributed by atoms with E-state index in [0.29, 0.717) is 36.0 Å². The third kappa shape index (κ3) is 2.33. The molecule has 6 heteroatoms. The molecule has 1 heterocycles. The molecule has 1 aliphatic heterocycles. The van der Waals surface area contributed by atoms with E-state index in [1.165, 1.54) is 7.11 Å². The Morgan fingerprint density at radius 3 is 2.89 bits per heavy atom. The topological polar surface area (TPSA) is 91.0 Å². The zero-order valence-corrected chi connectivity index (χ0v) is 10.0. The predicted molar refractivity (Wildman–Crippen MR) is 63.2 cm³/mol. The lowest BCUT2D eigenvalue weighted by Crippen LogP contribution is -2.21. The zero-order chi connectivity index (χ0) is 13.1. The van der Waals surface area contributed by atoms with Crippen LogP contribution in [-0.2, 0) is 4.79 Å². The van der Waals surface area contributed by atoms with E-state index >= 15 is 0 Å². The molecule has 0 amide bonds. The molecule has 6 nitrogen and oxygen atoms in total. The molecule has 0 saturated carbocycles. The van der Waals surface area contributed by atoms with Crippen molar-refractivity contribution < 1.29 is 24.1 Å². The molecular weight excluding hydrogens is 238 g/mol. The highest BCUT2D eigenvalue weighted by molar-refractivity contribution is 5.69. The van der Waals surface area contributed by atoms with Gasteiger partial charge in [-0.1, -0.05) is 0 Å². The van der Waals surface area contributed by atoms with Crippen LogP contribution in [0.2, 0.25) is 0 Å². The number of carboxylic acids is 1. The second kappa shape index (κ2) is 5.14. The molecule has 0 bridgehead atoms. The monoisotopic (exact) mass is 253 g/mol. The lowest BCUT2D eigenvalue weighted by molar-refractivity contribution is -0.137. The molecular formula is C12H15NO5. The van der Waals surface area contributed by atoms with E-state index < -0.39 is 12.0 Å². The molecule has 0 spiro atoms. The summed E-state index contributed by atoms with van der Waals surface area (Å²) in [6, 6.07) is 2.73. The molecule has 18 heavy (non-hydrogen) atoms. The molecule has 3 N–H and O–H groups in total. The van der Waals surface area contributed by atoms with Gasteiger partial charge in [0.1, 0.15) is 19.0 Å². The van der Waals surface area contributed by atoms with Crippen molar-refractivity contribution in [2.24, 2.45) is 5.73 Å². The fraction of sp³-hybridized carbons (Fsp3) is 0.417. The van der Waals surface area contributed by atoms with Gasteiger partial charge < -0.3 is 25.1 Å². The Hall–Kier alpha value is -1.95. The van der Waals surface area contributed by atoms with E-state index in [9.17, 15) is 4.79 Å². The first-order valence-electron chi connectivity index (χ1n) is 5.57.